The Balaban J connectivity index is 2.33. The first-order chi connectivity index (χ1) is 8.50. The van der Waals surface area contributed by atoms with Crippen LogP contribution in [0, 0.1) is 0 Å². The zero-order chi connectivity index (χ0) is 13.3. The van der Waals surface area contributed by atoms with Crippen LogP contribution in [0.1, 0.15) is 17.3 Å². The number of nitrogens with two attached hydrogens (primary N) is 2. The molecular formula is C13H20N4O. The predicted octanol–water partition coefficient (Wildman–Crippen LogP) is 0.508. The van der Waals surface area contributed by atoms with Crippen LogP contribution in [0.5, 0.6) is 0 Å². The van der Waals surface area contributed by atoms with E-state index in [1.807, 2.05) is 12.1 Å². The molecule has 0 aromatic heterocycles. The van der Waals surface area contributed by atoms with Crippen LogP contribution in [0.4, 0.5) is 11.4 Å². The second kappa shape index (κ2) is 4.86. The first kappa shape index (κ1) is 12.7. The Kier molecular flexibility index (Phi) is 3.43. The summed E-state index contributed by atoms with van der Waals surface area (Å²) in [6.07, 6.45) is 0. The Morgan fingerprint density at radius 2 is 2.11 bits per heavy atom. The van der Waals surface area contributed by atoms with Crippen LogP contribution in [-0.2, 0) is 0 Å². The van der Waals surface area contributed by atoms with Crippen LogP contribution in [0.25, 0.3) is 0 Å². The fourth-order valence-electron chi connectivity index (χ4n) is 2.52. The normalized spacial score (nSPS) is 21.0. The van der Waals surface area contributed by atoms with E-state index in [9.17, 15) is 4.79 Å². The number of para-hydroxylation sites is 1. The summed E-state index contributed by atoms with van der Waals surface area (Å²) in [5.41, 5.74) is 13.2. The Hall–Kier alpha value is -1.75. The van der Waals surface area contributed by atoms with E-state index in [2.05, 4.69) is 23.8 Å². The minimum Gasteiger partial charge on any atom is -0.396 e. The topological polar surface area (TPSA) is 75.6 Å². The molecule has 18 heavy (non-hydrogen) atoms. The van der Waals surface area contributed by atoms with Gasteiger partial charge in [-0.2, -0.15) is 0 Å². The van der Waals surface area contributed by atoms with Crippen molar-refractivity contribution >= 4 is 17.3 Å². The number of anilines is 2. The van der Waals surface area contributed by atoms with Gasteiger partial charge in [0.15, 0.2) is 0 Å². The number of rotatable bonds is 2. The van der Waals surface area contributed by atoms with Gasteiger partial charge in [-0.3, -0.25) is 4.79 Å². The summed E-state index contributed by atoms with van der Waals surface area (Å²) in [4.78, 5) is 15.8. The zero-order valence-corrected chi connectivity index (χ0v) is 10.9. The molecule has 1 heterocycles. The third-order valence-corrected chi connectivity index (χ3v) is 3.49. The van der Waals surface area contributed by atoms with Crippen molar-refractivity contribution < 1.29 is 4.79 Å². The average molecular weight is 248 g/mol. The second-order valence-electron chi connectivity index (χ2n) is 4.91. The highest BCUT2D eigenvalue weighted by molar-refractivity contribution is 6.00. The predicted molar refractivity (Wildman–Crippen MR) is 73.7 cm³/mol. The maximum atomic E-state index is 11.3. The molecule has 1 fully saturated rings. The molecule has 0 bridgehead atoms. The summed E-state index contributed by atoms with van der Waals surface area (Å²) in [5.74, 6) is -0.476. The summed E-state index contributed by atoms with van der Waals surface area (Å²) in [6.45, 7) is 5.04. The number of amides is 1. The average Bonchev–Trinajstić information content (AvgIpc) is 2.30. The molecule has 2 rings (SSSR count). The maximum absolute atomic E-state index is 11.3. The van der Waals surface area contributed by atoms with Gasteiger partial charge in [0.1, 0.15) is 0 Å². The van der Waals surface area contributed by atoms with Crippen LogP contribution in [0.3, 0.4) is 0 Å². The lowest BCUT2D eigenvalue weighted by Gasteiger charge is -2.40. The highest BCUT2D eigenvalue weighted by Gasteiger charge is 2.24. The van der Waals surface area contributed by atoms with E-state index in [0.29, 0.717) is 17.3 Å². The van der Waals surface area contributed by atoms with Crippen LogP contribution < -0.4 is 16.4 Å². The SMILES string of the molecule is CC1CN(C)CCN1c1cccc(C(N)=O)c1N. The molecule has 0 spiro atoms. The number of primary amides is 1. The van der Waals surface area contributed by atoms with E-state index in [1.54, 1.807) is 6.07 Å². The molecule has 0 aliphatic carbocycles. The first-order valence-electron chi connectivity index (χ1n) is 6.14. The number of carbonyl (C=O) groups excluding carboxylic acids is 1. The molecule has 1 aromatic carbocycles. The summed E-state index contributed by atoms with van der Waals surface area (Å²) in [6, 6.07) is 5.82. The van der Waals surface area contributed by atoms with Crippen molar-refractivity contribution in [2.45, 2.75) is 13.0 Å². The van der Waals surface area contributed by atoms with Crippen LogP contribution in [-0.4, -0.2) is 43.5 Å². The van der Waals surface area contributed by atoms with Gasteiger partial charge in [0, 0.05) is 25.7 Å². The lowest BCUT2D eigenvalue weighted by atomic mass is 10.1. The monoisotopic (exact) mass is 248 g/mol. The molecule has 1 unspecified atom stereocenters. The van der Waals surface area contributed by atoms with Gasteiger partial charge >= 0.3 is 0 Å². The summed E-state index contributed by atoms with van der Waals surface area (Å²) in [7, 11) is 2.11. The smallest absolute Gasteiger partial charge is 0.250 e. The van der Waals surface area contributed by atoms with Crippen LogP contribution >= 0.6 is 0 Å². The number of benzene rings is 1. The molecule has 1 aliphatic rings. The Bertz CT molecular complexity index is 460. The third kappa shape index (κ3) is 2.26. The molecule has 5 heteroatoms. The minimum atomic E-state index is -0.476. The number of hydrogen-bond acceptors (Lipinski definition) is 4. The number of nitrogen functional groups attached to an aromatic ring is 1. The molecule has 1 aromatic rings. The molecule has 5 nitrogen and oxygen atoms in total. The lowest BCUT2D eigenvalue weighted by molar-refractivity contribution is 0.100. The zero-order valence-electron chi connectivity index (χ0n) is 10.9. The highest BCUT2D eigenvalue weighted by atomic mass is 16.1. The first-order valence-corrected chi connectivity index (χ1v) is 6.14. The largest absolute Gasteiger partial charge is 0.396 e. The minimum absolute atomic E-state index is 0.370. The van der Waals surface area contributed by atoms with Gasteiger partial charge in [0.25, 0.3) is 5.91 Å². The number of piperazine rings is 1. The fraction of sp³-hybridized carbons (Fsp3) is 0.462. The van der Waals surface area contributed by atoms with Crippen molar-refractivity contribution in [1.82, 2.24) is 4.90 Å². The van der Waals surface area contributed by atoms with E-state index in [1.165, 1.54) is 0 Å². The molecule has 1 atom stereocenters. The Labute approximate surface area is 107 Å². The molecule has 1 saturated heterocycles. The van der Waals surface area contributed by atoms with Crippen molar-refractivity contribution in [2.24, 2.45) is 5.73 Å². The van der Waals surface area contributed by atoms with Gasteiger partial charge in [0.05, 0.1) is 16.9 Å². The number of likely N-dealkylation sites (N-methyl/N-ethyl adjacent to an activating group) is 1. The Morgan fingerprint density at radius 3 is 2.72 bits per heavy atom. The Morgan fingerprint density at radius 1 is 1.39 bits per heavy atom. The van der Waals surface area contributed by atoms with Gasteiger partial charge in [-0.1, -0.05) is 6.07 Å². The molecule has 1 aliphatic heterocycles. The van der Waals surface area contributed by atoms with Crippen molar-refractivity contribution in [2.75, 3.05) is 37.3 Å². The van der Waals surface area contributed by atoms with Crippen LogP contribution in [0.15, 0.2) is 18.2 Å². The number of nitrogens with zero attached hydrogens (tertiary/aromatic N) is 2. The third-order valence-electron chi connectivity index (χ3n) is 3.49. The van der Waals surface area contributed by atoms with Gasteiger partial charge in [0.2, 0.25) is 0 Å². The second-order valence-corrected chi connectivity index (χ2v) is 4.91. The van der Waals surface area contributed by atoms with E-state index in [4.69, 9.17) is 11.5 Å². The van der Waals surface area contributed by atoms with E-state index in [-0.39, 0.29) is 0 Å². The molecule has 0 saturated carbocycles. The quantitative estimate of drug-likeness (QED) is 0.748. The summed E-state index contributed by atoms with van der Waals surface area (Å²) in [5, 5.41) is 0. The molecule has 98 valence electrons. The van der Waals surface area contributed by atoms with Crippen molar-refractivity contribution in [3.05, 3.63) is 23.8 Å². The molecule has 1 amide bonds. The van der Waals surface area contributed by atoms with Gasteiger partial charge in [-0.15, -0.1) is 0 Å². The fourth-order valence-corrected chi connectivity index (χ4v) is 2.52. The lowest BCUT2D eigenvalue weighted by Crippen LogP contribution is -2.50. The van der Waals surface area contributed by atoms with Crippen molar-refractivity contribution in [3.8, 4) is 0 Å². The number of carbonyl (C=O) groups is 1. The van der Waals surface area contributed by atoms with Crippen molar-refractivity contribution in [1.29, 1.82) is 0 Å². The van der Waals surface area contributed by atoms with Gasteiger partial charge in [-0.05, 0) is 26.1 Å². The molecule has 4 N–H and O–H groups in total. The van der Waals surface area contributed by atoms with Gasteiger partial charge < -0.3 is 21.3 Å². The highest BCUT2D eigenvalue weighted by Crippen LogP contribution is 2.29. The maximum Gasteiger partial charge on any atom is 0.250 e. The van der Waals surface area contributed by atoms with E-state index in [0.717, 1.165) is 25.3 Å². The molecule has 0 radical (unpaired) electrons. The van der Waals surface area contributed by atoms with Gasteiger partial charge in [-0.25, -0.2) is 0 Å². The summed E-state index contributed by atoms with van der Waals surface area (Å²) < 4.78 is 0. The van der Waals surface area contributed by atoms with E-state index < -0.39 is 5.91 Å². The van der Waals surface area contributed by atoms with Crippen LogP contribution in [0.2, 0.25) is 0 Å². The number of hydrogen-bond donors (Lipinski definition) is 2. The molecular weight excluding hydrogens is 228 g/mol. The van der Waals surface area contributed by atoms with Crippen molar-refractivity contribution in [3.63, 3.8) is 0 Å². The standard InChI is InChI=1S/C13H20N4O/c1-9-8-16(2)6-7-17(9)11-5-3-4-10(12(11)14)13(15)18/h3-5,9H,6-8,14H2,1-2H3,(H2,15,18). The van der Waals surface area contributed by atoms with E-state index >= 15 is 0 Å². The summed E-state index contributed by atoms with van der Waals surface area (Å²) >= 11 is 0.